The Morgan fingerprint density at radius 3 is 2.90 bits per heavy atom. The summed E-state index contributed by atoms with van der Waals surface area (Å²) >= 11 is 0. The van der Waals surface area contributed by atoms with Crippen molar-refractivity contribution in [1.29, 1.82) is 0 Å². The van der Waals surface area contributed by atoms with Crippen LogP contribution in [0.4, 0.5) is 5.69 Å². The summed E-state index contributed by atoms with van der Waals surface area (Å²) < 4.78 is 23.1. The second-order valence-corrected chi connectivity index (χ2v) is 7.75. The van der Waals surface area contributed by atoms with Gasteiger partial charge in [0.15, 0.2) is 9.84 Å². The van der Waals surface area contributed by atoms with Gasteiger partial charge in [-0.1, -0.05) is 6.07 Å². The Hall–Kier alpha value is -1.89. The fraction of sp³-hybridized carbons (Fsp3) is 0.429. The molecule has 0 saturated carbocycles. The molecule has 1 aromatic rings. The van der Waals surface area contributed by atoms with E-state index in [9.17, 15) is 18.0 Å². The molecule has 0 radical (unpaired) electrons. The standard InChI is InChI=1S/C14H16N2O4S/c17-13-7-9-3-4-10(6-12(9)16-13)14(18)15-11-2-1-5-21(19,20)8-11/h3-4,6,11H,1-2,5,7-8H2,(H,15,18)(H,16,17). The molecule has 0 aliphatic carbocycles. The van der Waals surface area contributed by atoms with Crippen LogP contribution in [-0.2, 0) is 21.1 Å². The predicted octanol–water partition coefficient (Wildman–Crippen LogP) is 0.488. The zero-order chi connectivity index (χ0) is 15.0. The quantitative estimate of drug-likeness (QED) is 0.831. The third-order valence-electron chi connectivity index (χ3n) is 3.80. The van der Waals surface area contributed by atoms with Gasteiger partial charge in [-0.2, -0.15) is 0 Å². The normalized spacial score (nSPS) is 23.2. The number of carbonyl (C=O) groups excluding carboxylic acids is 2. The molecule has 1 saturated heterocycles. The van der Waals surface area contributed by atoms with Crippen LogP contribution in [0.5, 0.6) is 0 Å². The minimum absolute atomic E-state index is 0.000413. The van der Waals surface area contributed by atoms with Crippen molar-refractivity contribution in [3.05, 3.63) is 29.3 Å². The Bertz CT molecular complexity index is 712. The molecule has 0 bridgehead atoms. The lowest BCUT2D eigenvalue weighted by molar-refractivity contribution is -0.115. The minimum atomic E-state index is -3.05. The summed E-state index contributed by atoms with van der Waals surface area (Å²) in [6.07, 6.45) is 1.58. The minimum Gasteiger partial charge on any atom is -0.348 e. The first kappa shape index (κ1) is 14.1. The fourth-order valence-corrected chi connectivity index (χ4v) is 4.40. The molecule has 2 N–H and O–H groups in total. The van der Waals surface area contributed by atoms with Crippen LogP contribution in [0.2, 0.25) is 0 Å². The van der Waals surface area contributed by atoms with Crippen molar-refractivity contribution in [2.45, 2.75) is 25.3 Å². The summed E-state index contributed by atoms with van der Waals surface area (Å²) in [5.41, 5.74) is 1.96. The molecule has 2 aliphatic heterocycles. The Balaban J connectivity index is 1.72. The summed E-state index contributed by atoms with van der Waals surface area (Å²) in [5, 5.41) is 5.46. The lowest BCUT2D eigenvalue weighted by atomic mass is 10.1. The summed E-state index contributed by atoms with van der Waals surface area (Å²) in [5.74, 6) is -0.188. The monoisotopic (exact) mass is 308 g/mol. The van der Waals surface area contributed by atoms with E-state index in [1.807, 2.05) is 0 Å². The van der Waals surface area contributed by atoms with Gasteiger partial charge in [-0.15, -0.1) is 0 Å². The molecule has 2 aliphatic rings. The third kappa shape index (κ3) is 3.07. The molecule has 6 nitrogen and oxygen atoms in total. The van der Waals surface area contributed by atoms with Gasteiger partial charge in [0.05, 0.1) is 17.9 Å². The number of hydrogen-bond acceptors (Lipinski definition) is 4. The average molecular weight is 308 g/mol. The van der Waals surface area contributed by atoms with Gasteiger partial charge in [0, 0.05) is 17.3 Å². The highest BCUT2D eigenvalue weighted by Gasteiger charge is 2.26. The topological polar surface area (TPSA) is 92.3 Å². The zero-order valence-electron chi connectivity index (χ0n) is 11.4. The molecular weight excluding hydrogens is 292 g/mol. The molecule has 1 unspecified atom stereocenters. The largest absolute Gasteiger partial charge is 0.348 e. The summed E-state index contributed by atoms with van der Waals surface area (Å²) in [6.45, 7) is 0. The first-order chi connectivity index (χ1) is 9.93. The van der Waals surface area contributed by atoms with E-state index in [4.69, 9.17) is 0 Å². The number of rotatable bonds is 2. The van der Waals surface area contributed by atoms with Crippen LogP contribution < -0.4 is 10.6 Å². The molecule has 112 valence electrons. The summed E-state index contributed by atoms with van der Waals surface area (Å²) in [4.78, 5) is 23.5. The van der Waals surface area contributed by atoms with E-state index in [0.29, 0.717) is 30.5 Å². The van der Waals surface area contributed by atoms with Crippen LogP contribution in [0.1, 0.15) is 28.8 Å². The predicted molar refractivity (Wildman–Crippen MR) is 77.9 cm³/mol. The van der Waals surface area contributed by atoms with Gasteiger partial charge >= 0.3 is 0 Å². The first-order valence-corrected chi connectivity index (χ1v) is 8.69. The highest BCUT2D eigenvalue weighted by molar-refractivity contribution is 7.91. The Kier molecular flexibility index (Phi) is 3.44. The number of amides is 2. The SMILES string of the molecule is O=C1Cc2ccc(C(=O)NC3CCCS(=O)(=O)C3)cc2N1. The van der Waals surface area contributed by atoms with Crippen molar-refractivity contribution in [2.24, 2.45) is 0 Å². The Morgan fingerprint density at radius 1 is 1.33 bits per heavy atom. The molecule has 2 heterocycles. The second kappa shape index (κ2) is 5.14. The zero-order valence-corrected chi connectivity index (χ0v) is 12.2. The number of fused-ring (bicyclic) bond motifs is 1. The van der Waals surface area contributed by atoms with E-state index in [1.54, 1.807) is 18.2 Å². The molecule has 0 spiro atoms. The molecule has 1 fully saturated rings. The second-order valence-electron chi connectivity index (χ2n) is 5.52. The molecule has 21 heavy (non-hydrogen) atoms. The summed E-state index contributed by atoms with van der Waals surface area (Å²) in [6, 6.07) is 4.71. The van der Waals surface area contributed by atoms with Crippen LogP contribution in [0.25, 0.3) is 0 Å². The van der Waals surface area contributed by atoms with E-state index in [2.05, 4.69) is 10.6 Å². The van der Waals surface area contributed by atoms with E-state index in [-0.39, 0.29) is 29.4 Å². The molecule has 1 aromatic carbocycles. The van der Waals surface area contributed by atoms with Crippen molar-refractivity contribution in [2.75, 3.05) is 16.8 Å². The molecule has 2 amide bonds. The van der Waals surface area contributed by atoms with Gasteiger partial charge in [0.1, 0.15) is 0 Å². The summed E-state index contributed by atoms with van der Waals surface area (Å²) in [7, 11) is -3.05. The molecular formula is C14H16N2O4S. The number of carbonyl (C=O) groups is 2. The van der Waals surface area contributed by atoms with Crippen LogP contribution in [0.15, 0.2) is 18.2 Å². The maximum atomic E-state index is 12.2. The van der Waals surface area contributed by atoms with Gasteiger partial charge in [-0.05, 0) is 30.5 Å². The number of benzene rings is 1. The maximum Gasteiger partial charge on any atom is 0.251 e. The smallest absolute Gasteiger partial charge is 0.251 e. The van der Waals surface area contributed by atoms with Gasteiger partial charge in [-0.25, -0.2) is 8.42 Å². The highest BCUT2D eigenvalue weighted by Crippen LogP contribution is 2.24. The maximum absolute atomic E-state index is 12.2. The number of sulfone groups is 1. The Labute approximate surface area is 122 Å². The van der Waals surface area contributed by atoms with E-state index < -0.39 is 9.84 Å². The van der Waals surface area contributed by atoms with Crippen LogP contribution in [0.3, 0.4) is 0 Å². The molecule has 3 rings (SSSR count). The van der Waals surface area contributed by atoms with Gasteiger partial charge in [0.2, 0.25) is 5.91 Å². The fourth-order valence-electron chi connectivity index (χ4n) is 2.76. The van der Waals surface area contributed by atoms with Crippen molar-refractivity contribution >= 4 is 27.3 Å². The third-order valence-corrected chi connectivity index (χ3v) is 5.62. The number of anilines is 1. The molecule has 7 heteroatoms. The van der Waals surface area contributed by atoms with Crippen LogP contribution >= 0.6 is 0 Å². The lowest BCUT2D eigenvalue weighted by Gasteiger charge is -2.23. The first-order valence-electron chi connectivity index (χ1n) is 6.87. The Morgan fingerprint density at radius 2 is 2.14 bits per heavy atom. The van der Waals surface area contributed by atoms with Gasteiger partial charge in [-0.3, -0.25) is 9.59 Å². The van der Waals surface area contributed by atoms with Crippen molar-refractivity contribution in [1.82, 2.24) is 5.32 Å². The van der Waals surface area contributed by atoms with Crippen molar-refractivity contribution < 1.29 is 18.0 Å². The highest BCUT2D eigenvalue weighted by atomic mass is 32.2. The number of nitrogens with one attached hydrogen (secondary N) is 2. The molecule has 0 aromatic heterocycles. The van der Waals surface area contributed by atoms with Crippen LogP contribution in [0, 0.1) is 0 Å². The van der Waals surface area contributed by atoms with Crippen molar-refractivity contribution in [3.63, 3.8) is 0 Å². The van der Waals surface area contributed by atoms with E-state index >= 15 is 0 Å². The number of hydrogen-bond donors (Lipinski definition) is 2. The molecule has 1 atom stereocenters. The van der Waals surface area contributed by atoms with Gasteiger partial charge in [0.25, 0.3) is 5.91 Å². The lowest BCUT2D eigenvalue weighted by Crippen LogP contribution is -2.43. The van der Waals surface area contributed by atoms with E-state index in [0.717, 1.165) is 5.56 Å². The van der Waals surface area contributed by atoms with Crippen molar-refractivity contribution in [3.8, 4) is 0 Å². The van der Waals surface area contributed by atoms with Crippen LogP contribution in [-0.4, -0.2) is 37.8 Å². The average Bonchev–Trinajstić information content (AvgIpc) is 2.76. The van der Waals surface area contributed by atoms with E-state index in [1.165, 1.54) is 0 Å². The van der Waals surface area contributed by atoms with Gasteiger partial charge < -0.3 is 10.6 Å².